The lowest BCUT2D eigenvalue weighted by Crippen LogP contribution is -1.91. The summed E-state index contributed by atoms with van der Waals surface area (Å²) < 4.78 is 0.918. The minimum absolute atomic E-state index is 0.261. The van der Waals surface area contributed by atoms with Crippen LogP contribution < -0.4 is 5.84 Å². The topological polar surface area (TPSA) is 105 Å². The monoisotopic (exact) mass is 234 g/mol. The van der Waals surface area contributed by atoms with Gasteiger partial charge in [0.1, 0.15) is 0 Å². The molecule has 0 saturated heterocycles. The third-order valence-electron chi connectivity index (χ3n) is 1.70. The molecule has 0 radical (unpaired) electrons. The number of fused-ring (bicyclic) bond motifs is 1. The van der Waals surface area contributed by atoms with E-state index in [1.807, 2.05) is 24.3 Å². The number of benzene rings is 1. The number of para-hydroxylation sites is 1. The van der Waals surface area contributed by atoms with Gasteiger partial charge in [-0.15, -0.1) is 11.3 Å². The lowest BCUT2D eigenvalue weighted by Gasteiger charge is -1.81. The average Bonchev–Trinajstić information content (AvgIpc) is 2.73. The molecule has 1 aromatic carbocycles. The summed E-state index contributed by atoms with van der Waals surface area (Å²) in [5.41, 5.74) is 0.756. The summed E-state index contributed by atoms with van der Waals surface area (Å²) in [6.07, 6.45) is 0. The molecular formula is C8H6N6OS. The number of thiazole rings is 1. The van der Waals surface area contributed by atoms with Crippen molar-refractivity contribution >= 4 is 27.5 Å². The van der Waals surface area contributed by atoms with Crippen molar-refractivity contribution in [3.63, 3.8) is 0 Å². The lowest BCUT2D eigenvalue weighted by atomic mass is 10.3. The molecule has 0 aliphatic rings. The fourth-order valence-electron chi connectivity index (χ4n) is 1.09. The third kappa shape index (κ3) is 2.06. The Balaban J connectivity index is 2.30. The molecule has 0 aliphatic carbocycles. The van der Waals surface area contributed by atoms with Gasteiger partial charge in [0.2, 0.25) is 0 Å². The van der Waals surface area contributed by atoms with E-state index in [4.69, 9.17) is 5.84 Å². The van der Waals surface area contributed by atoms with Crippen molar-refractivity contribution in [2.75, 3.05) is 0 Å². The van der Waals surface area contributed by atoms with Crippen molar-refractivity contribution in [3.8, 4) is 0 Å². The Hall–Kier alpha value is -2.22. The third-order valence-corrected chi connectivity index (χ3v) is 2.73. The molecule has 0 aliphatic heterocycles. The van der Waals surface area contributed by atoms with Crippen LogP contribution in [0.25, 0.3) is 10.2 Å². The molecule has 80 valence electrons. The number of amides is 1. The van der Waals surface area contributed by atoms with Crippen molar-refractivity contribution in [1.29, 1.82) is 0 Å². The van der Waals surface area contributed by atoms with Gasteiger partial charge in [-0.3, -0.25) is 4.79 Å². The summed E-state index contributed by atoms with van der Waals surface area (Å²) in [6.45, 7) is 0. The molecule has 16 heavy (non-hydrogen) atoms. The molecule has 0 spiro atoms. The minimum atomic E-state index is -0.561. The number of aromatic nitrogens is 1. The summed E-state index contributed by atoms with van der Waals surface area (Å²) in [5.74, 6) is 4.13. The van der Waals surface area contributed by atoms with Gasteiger partial charge in [-0.2, -0.15) is 0 Å². The maximum absolute atomic E-state index is 11.4. The summed E-state index contributed by atoms with van der Waals surface area (Å²) in [6, 6.07) is 7.42. The number of carbonyl (C=O) groups is 1. The first-order chi connectivity index (χ1) is 7.81. The molecule has 1 heterocycles. The molecule has 0 fully saturated rings. The van der Waals surface area contributed by atoms with Crippen LogP contribution in [0.5, 0.6) is 0 Å². The molecule has 0 saturated carbocycles. The van der Waals surface area contributed by atoms with E-state index in [0.717, 1.165) is 10.2 Å². The van der Waals surface area contributed by atoms with Crippen LogP contribution in [0.4, 0.5) is 0 Å². The highest BCUT2D eigenvalue weighted by atomic mass is 32.1. The number of hydrogen-bond acceptors (Lipinski definition) is 4. The quantitative estimate of drug-likeness (QED) is 0.488. The molecule has 0 atom stereocenters. The van der Waals surface area contributed by atoms with E-state index < -0.39 is 5.91 Å². The van der Waals surface area contributed by atoms with Crippen molar-refractivity contribution in [2.45, 2.75) is 0 Å². The van der Waals surface area contributed by atoms with Crippen LogP contribution in [0, 0.1) is 0 Å². The molecule has 8 heteroatoms. The lowest BCUT2D eigenvalue weighted by molar-refractivity contribution is 0.0993. The van der Waals surface area contributed by atoms with E-state index in [-0.39, 0.29) is 5.01 Å². The van der Waals surface area contributed by atoms with Crippen LogP contribution in [0.3, 0.4) is 0 Å². The molecule has 0 unspecified atom stereocenters. The van der Waals surface area contributed by atoms with Crippen LogP contribution in [0.1, 0.15) is 9.80 Å². The first kappa shape index (κ1) is 10.3. The van der Waals surface area contributed by atoms with Gasteiger partial charge in [0, 0.05) is 0 Å². The van der Waals surface area contributed by atoms with Gasteiger partial charge in [0.25, 0.3) is 0 Å². The predicted molar refractivity (Wildman–Crippen MR) is 57.8 cm³/mol. The highest BCUT2D eigenvalue weighted by Crippen LogP contribution is 2.21. The zero-order valence-corrected chi connectivity index (χ0v) is 8.76. The molecular weight excluding hydrogens is 228 g/mol. The van der Waals surface area contributed by atoms with E-state index in [1.165, 1.54) is 11.3 Å². The maximum atomic E-state index is 11.4. The van der Waals surface area contributed by atoms with E-state index in [2.05, 4.69) is 25.8 Å². The molecule has 2 N–H and O–H groups in total. The summed E-state index contributed by atoms with van der Waals surface area (Å²) in [4.78, 5) is 15.5. The second kappa shape index (κ2) is 4.53. The van der Waals surface area contributed by atoms with Gasteiger partial charge in [0.15, 0.2) is 5.01 Å². The van der Waals surface area contributed by atoms with Gasteiger partial charge < -0.3 is 5.84 Å². The molecule has 1 amide bonds. The number of carbonyl (C=O) groups excluding carboxylic acids is 1. The number of nitrogens with two attached hydrogens (primary N) is 1. The van der Waals surface area contributed by atoms with Crippen molar-refractivity contribution in [3.05, 3.63) is 29.3 Å². The SMILES string of the molecule is NN=NN=NC(=O)c1nc2ccccc2s1. The van der Waals surface area contributed by atoms with E-state index in [9.17, 15) is 4.79 Å². The standard InChI is InChI=1S/C8H6N6OS/c9-12-14-13-11-7(15)8-10-5-3-1-2-4-6(5)16-8/h1-4H,(H2,9,11,14,15). The second-order valence-electron chi connectivity index (χ2n) is 2.69. The highest BCUT2D eigenvalue weighted by Gasteiger charge is 2.10. The molecule has 1 aromatic heterocycles. The van der Waals surface area contributed by atoms with Crippen LogP contribution >= 0.6 is 11.3 Å². The minimum Gasteiger partial charge on any atom is -0.303 e. The van der Waals surface area contributed by atoms with Crippen molar-refractivity contribution < 1.29 is 4.79 Å². The zero-order chi connectivity index (χ0) is 11.4. The van der Waals surface area contributed by atoms with Crippen LogP contribution in [-0.2, 0) is 0 Å². The van der Waals surface area contributed by atoms with Crippen LogP contribution in [0.2, 0.25) is 0 Å². The Kier molecular flexibility index (Phi) is 2.92. The Morgan fingerprint density at radius 2 is 2.12 bits per heavy atom. The van der Waals surface area contributed by atoms with Gasteiger partial charge in [0.05, 0.1) is 10.2 Å². The average molecular weight is 234 g/mol. The predicted octanol–water partition coefficient (Wildman–Crippen LogP) is 2.13. The smallest absolute Gasteiger partial charge is 0.303 e. The maximum Gasteiger partial charge on any atom is 0.325 e. The van der Waals surface area contributed by atoms with Crippen LogP contribution in [0.15, 0.2) is 45.0 Å². The van der Waals surface area contributed by atoms with Gasteiger partial charge in [-0.05, 0) is 22.6 Å². The van der Waals surface area contributed by atoms with Crippen molar-refractivity contribution in [1.82, 2.24) is 4.98 Å². The van der Waals surface area contributed by atoms with Gasteiger partial charge in [-0.1, -0.05) is 22.5 Å². The largest absolute Gasteiger partial charge is 0.325 e. The van der Waals surface area contributed by atoms with E-state index in [0.29, 0.717) is 0 Å². The summed E-state index contributed by atoms with van der Waals surface area (Å²) in [5, 5.41) is 12.5. The Morgan fingerprint density at radius 3 is 2.88 bits per heavy atom. The normalized spacial score (nSPS) is 11.8. The first-order valence-electron chi connectivity index (χ1n) is 4.22. The highest BCUT2D eigenvalue weighted by molar-refractivity contribution is 7.20. The number of nitrogens with zero attached hydrogens (tertiary/aromatic N) is 5. The number of hydrogen-bond donors (Lipinski definition) is 1. The summed E-state index contributed by atoms with van der Waals surface area (Å²) in [7, 11) is 0. The Bertz CT molecular complexity index is 542. The van der Waals surface area contributed by atoms with Crippen LogP contribution in [-0.4, -0.2) is 10.9 Å². The second-order valence-corrected chi connectivity index (χ2v) is 3.72. The van der Waals surface area contributed by atoms with E-state index >= 15 is 0 Å². The molecule has 0 bridgehead atoms. The number of rotatable bonds is 2. The van der Waals surface area contributed by atoms with Gasteiger partial charge in [-0.25, -0.2) is 4.98 Å². The fraction of sp³-hybridized carbons (Fsp3) is 0. The van der Waals surface area contributed by atoms with Gasteiger partial charge >= 0.3 is 5.91 Å². The fourth-order valence-corrected chi connectivity index (χ4v) is 1.94. The van der Waals surface area contributed by atoms with E-state index in [1.54, 1.807) is 0 Å². The Labute approximate surface area is 93.7 Å². The first-order valence-corrected chi connectivity index (χ1v) is 5.04. The zero-order valence-electron chi connectivity index (χ0n) is 7.94. The Morgan fingerprint density at radius 1 is 1.31 bits per heavy atom. The molecule has 2 aromatic rings. The van der Waals surface area contributed by atoms with Crippen molar-refractivity contribution in [2.24, 2.45) is 26.6 Å². The summed E-state index contributed by atoms with van der Waals surface area (Å²) >= 11 is 1.25. The molecule has 2 rings (SSSR count). The molecule has 7 nitrogen and oxygen atoms in total.